The zero-order valence-corrected chi connectivity index (χ0v) is 20.4. The van der Waals surface area contributed by atoms with E-state index in [4.69, 9.17) is 21.3 Å². The van der Waals surface area contributed by atoms with Crippen LogP contribution in [0.1, 0.15) is 31.2 Å². The number of rotatable bonds is 7. The summed E-state index contributed by atoms with van der Waals surface area (Å²) in [4.78, 5) is 5.01. The Kier molecular flexibility index (Phi) is 6.68. The monoisotopic (exact) mass is 509 g/mol. The minimum Gasteiger partial charge on any atom is -0.376 e. The van der Waals surface area contributed by atoms with E-state index in [1.165, 1.54) is 22.1 Å². The smallest absolute Gasteiger partial charge is 0.243 e. The third kappa shape index (κ3) is 4.66. The van der Waals surface area contributed by atoms with Crippen LogP contribution in [0.3, 0.4) is 0 Å². The lowest BCUT2D eigenvalue weighted by molar-refractivity contribution is 0.0960. The second-order valence-corrected chi connectivity index (χ2v) is 11.7. The van der Waals surface area contributed by atoms with Crippen molar-refractivity contribution < 1.29 is 17.5 Å². The number of hydrogen-bond donors (Lipinski definition) is 0. The van der Waals surface area contributed by atoms with Gasteiger partial charge in [0, 0.05) is 25.4 Å². The Morgan fingerprint density at radius 1 is 1.18 bits per heavy atom. The molecule has 3 aromatic rings. The predicted octanol–water partition coefficient (Wildman–Crippen LogP) is 5.08. The summed E-state index contributed by atoms with van der Waals surface area (Å²) in [6.45, 7) is 2.47. The minimum atomic E-state index is -3.53. The highest BCUT2D eigenvalue weighted by Crippen LogP contribution is 2.32. The molecule has 2 aromatic carbocycles. The molecule has 1 atom stereocenters. The molecule has 2 fully saturated rings. The third-order valence-corrected chi connectivity index (χ3v) is 9.40. The Morgan fingerprint density at radius 2 is 2.00 bits per heavy atom. The number of sulfonamides is 1. The zero-order chi connectivity index (χ0) is 23.0. The first-order valence-electron chi connectivity index (χ1n) is 11.1. The maximum absolute atomic E-state index is 14.4. The molecule has 5 rings (SSSR count). The maximum Gasteiger partial charge on any atom is 0.243 e. The van der Waals surface area contributed by atoms with E-state index in [0.29, 0.717) is 41.6 Å². The van der Waals surface area contributed by atoms with Crippen molar-refractivity contribution in [2.45, 2.75) is 54.1 Å². The van der Waals surface area contributed by atoms with E-state index in [0.717, 1.165) is 37.8 Å². The molecule has 2 saturated heterocycles. The van der Waals surface area contributed by atoms with Gasteiger partial charge in [0.25, 0.3) is 0 Å². The van der Waals surface area contributed by atoms with Crippen molar-refractivity contribution in [1.82, 2.24) is 13.9 Å². The molecule has 0 aliphatic carbocycles. The van der Waals surface area contributed by atoms with Crippen LogP contribution in [0.2, 0.25) is 5.02 Å². The average molecular weight is 510 g/mol. The SMILES string of the molecule is O=S(=O)(c1ccc2c(c1)nc(SCc1cccc(Cl)c1F)n2CC1CCCO1)N1CCCC1. The van der Waals surface area contributed by atoms with E-state index in [1.807, 2.05) is 6.07 Å². The van der Waals surface area contributed by atoms with Gasteiger partial charge in [-0.05, 0) is 55.5 Å². The summed E-state index contributed by atoms with van der Waals surface area (Å²) in [5.41, 5.74) is 1.96. The van der Waals surface area contributed by atoms with Crippen molar-refractivity contribution in [2.24, 2.45) is 0 Å². The summed E-state index contributed by atoms with van der Waals surface area (Å²) in [6, 6.07) is 10.1. The number of aromatic nitrogens is 2. The molecule has 0 spiro atoms. The fraction of sp³-hybridized carbons (Fsp3) is 0.435. The summed E-state index contributed by atoms with van der Waals surface area (Å²) in [6.07, 6.45) is 3.84. The van der Waals surface area contributed by atoms with Gasteiger partial charge in [-0.2, -0.15) is 4.31 Å². The first-order valence-corrected chi connectivity index (χ1v) is 13.9. The van der Waals surface area contributed by atoms with Crippen LogP contribution in [-0.4, -0.2) is 48.1 Å². The van der Waals surface area contributed by atoms with Crippen molar-refractivity contribution in [2.75, 3.05) is 19.7 Å². The van der Waals surface area contributed by atoms with Gasteiger partial charge >= 0.3 is 0 Å². The Labute approximate surface area is 202 Å². The van der Waals surface area contributed by atoms with Crippen molar-refractivity contribution in [3.8, 4) is 0 Å². The van der Waals surface area contributed by atoms with Crippen LogP contribution in [0.5, 0.6) is 0 Å². The van der Waals surface area contributed by atoms with Crippen LogP contribution in [0.15, 0.2) is 46.5 Å². The molecule has 3 heterocycles. The van der Waals surface area contributed by atoms with E-state index in [1.54, 1.807) is 24.3 Å². The molecule has 2 aliphatic heterocycles. The lowest BCUT2D eigenvalue weighted by atomic mass is 10.2. The molecule has 2 aliphatic rings. The molecule has 0 amide bonds. The highest BCUT2D eigenvalue weighted by Gasteiger charge is 2.28. The fourth-order valence-corrected chi connectivity index (χ4v) is 7.14. The molecule has 33 heavy (non-hydrogen) atoms. The molecule has 1 unspecified atom stereocenters. The second kappa shape index (κ2) is 9.54. The molecule has 0 bridgehead atoms. The number of benzene rings is 2. The van der Waals surface area contributed by atoms with E-state index < -0.39 is 15.8 Å². The minimum absolute atomic E-state index is 0.0812. The second-order valence-electron chi connectivity index (χ2n) is 8.40. The zero-order valence-electron chi connectivity index (χ0n) is 18.0. The summed E-state index contributed by atoms with van der Waals surface area (Å²) >= 11 is 7.34. The summed E-state index contributed by atoms with van der Waals surface area (Å²) < 4.78 is 49.9. The van der Waals surface area contributed by atoms with E-state index >= 15 is 0 Å². The molecular formula is C23H25ClFN3O3S2. The van der Waals surface area contributed by atoms with Crippen molar-refractivity contribution >= 4 is 44.4 Å². The Balaban J connectivity index is 1.49. The lowest BCUT2D eigenvalue weighted by Crippen LogP contribution is -2.27. The Bertz CT molecular complexity index is 1270. The molecule has 176 valence electrons. The van der Waals surface area contributed by atoms with Gasteiger partial charge in [0.05, 0.1) is 33.6 Å². The van der Waals surface area contributed by atoms with Gasteiger partial charge in [-0.15, -0.1) is 0 Å². The average Bonchev–Trinajstić information content (AvgIpc) is 3.57. The largest absolute Gasteiger partial charge is 0.376 e. The van der Waals surface area contributed by atoms with Crippen molar-refractivity contribution in [3.63, 3.8) is 0 Å². The number of halogens is 2. The number of thioether (sulfide) groups is 1. The van der Waals surface area contributed by atoms with Gasteiger partial charge in [0.1, 0.15) is 5.82 Å². The normalized spacial score (nSPS) is 19.6. The topological polar surface area (TPSA) is 64.4 Å². The van der Waals surface area contributed by atoms with E-state index in [-0.39, 0.29) is 16.0 Å². The summed E-state index contributed by atoms with van der Waals surface area (Å²) in [7, 11) is -3.53. The van der Waals surface area contributed by atoms with Gasteiger partial charge < -0.3 is 9.30 Å². The standard InChI is InChI=1S/C23H25ClFN3O3S2/c24-19-7-3-5-16(22(19)25)15-32-23-26-20-13-18(33(29,30)27-10-1-2-11-27)8-9-21(20)28(23)14-17-6-4-12-31-17/h3,5,7-9,13,17H,1-2,4,6,10-12,14-15H2. The number of fused-ring (bicyclic) bond motifs is 1. The highest BCUT2D eigenvalue weighted by molar-refractivity contribution is 7.98. The molecule has 0 N–H and O–H groups in total. The van der Waals surface area contributed by atoms with Crippen LogP contribution >= 0.6 is 23.4 Å². The van der Waals surface area contributed by atoms with Crippen LogP contribution < -0.4 is 0 Å². The van der Waals surface area contributed by atoms with Crippen LogP contribution in [0, 0.1) is 5.82 Å². The maximum atomic E-state index is 14.4. The molecule has 0 saturated carbocycles. The number of imidazole rings is 1. The predicted molar refractivity (Wildman–Crippen MR) is 128 cm³/mol. The molecule has 1 aromatic heterocycles. The summed E-state index contributed by atoms with van der Waals surface area (Å²) in [5.74, 6) is -0.0624. The van der Waals surface area contributed by atoms with E-state index in [9.17, 15) is 12.8 Å². The van der Waals surface area contributed by atoms with Crippen LogP contribution in [0.25, 0.3) is 11.0 Å². The third-order valence-electron chi connectivity index (χ3n) is 6.19. The molecule has 0 radical (unpaired) electrons. The van der Waals surface area contributed by atoms with Gasteiger partial charge in [-0.1, -0.05) is 35.5 Å². The number of nitrogens with zero attached hydrogens (tertiary/aromatic N) is 3. The first kappa shape index (κ1) is 23.1. The number of ether oxygens (including phenoxy) is 1. The molecular weight excluding hydrogens is 485 g/mol. The molecule has 6 nitrogen and oxygen atoms in total. The fourth-order valence-electron chi connectivity index (χ4n) is 4.41. The first-order chi connectivity index (χ1) is 15.9. The van der Waals surface area contributed by atoms with Crippen LogP contribution in [0.4, 0.5) is 4.39 Å². The highest BCUT2D eigenvalue weighted by atomic mass is 35.5. The van der Waals surface area contributed by atoms with Gasteiger partial charge in [0.15, 0.2) is 5.16 Å². The van der Waals surface area contributed by atoms with Gasteiger partial charge in [0.2, 0.25) is 10.0 Å². The summed E-state index contributed by atoms with van der Waals surface area (Å²) in [5, 5.41) is 0.799. The number of hydrogen-bond acceptors (Lipinski definition) is 5. The van der Waals surface area contributed by atoms with Crippen molar-refractivity contribution in [3.05, 3.63) is 52.8 Å². The Morgan fingerprint density at radius 3 is 2.76 bits per heavy atom. The van der Waals surface area contributed by atoms with Crippen LogP contribution in [-0.2, 0) is 27.1 Å². The van der Waals surface area contributed by atoms with Gasteiger partial charge in [-0.25, -0.2) is 17.8 Å². The Hall–Kier alpha value is -1.65. The van der Waals surface area contributed by atoms with E-state index in [2.05, 4.69) is 4.57 Å². The quantitative estimate of drug-likeness (QED) is 0.415. The molecule has 10 heteroatoms. The lowest BCUT2D eigenvalue weighted by Gasteiger charge is -2.16. The van der Waals surface area contributed by atoms with Gasteiger partial charge in [-0.3, -0.25) is 0 Å². The van der Waals surface area contributed by atoms with Crippen molar-refractivity contribution in [1.29, 1.82) is 0 Å².